The van der Waals surface area contributed by atoms with Gasteiger partial charge in [-0.2, -0.15) is 0 Å². The van der Waals surface area contributed by atoms with E-state index in [4.69, 9.17) is 14.2 Å². The quantitative estimate of drug-likeness (QED) is 0.0261. The second-order valence-electron chi connectivity index (χ2n) is 20.2. The van der Waals surface area contributed by atoms with E-state index in [-0.39, 0.29) is 31.1 Å². The number of unbranched alkanes of at least 4 members (excludes halogenated alkanes) is 18. The molecular weight excluding hydrogens is 961 g/mol. The van der Waals surface area contributed by atoms with E-state index in [0.717, 1.165) is 161 Å². The maximum absolute atomic E-state index is 12.9. The van der Waals surface area contributed by atoms with Crippen molar-refractivity contribution in [3.63, 3.8) is 0 Å². The zero-order chi connectivity index (χ0) is 56.4. The van der Waals surface area contributed by atoms with Gasteiger partial charge in [0.2, 0.25) is 0 Å². The van der Waals surface area contributed by atoms with Gasteiger partial charge in [-0.05, 0) is 148 Å². The summed E-state index contributed by atoms with van der Waals surface area (Å²) in [6.45, 7) is 6.33. The van der Waals surface area contributed by atoms with E-state index in [1.165, 1.54) is 57.8 Å². The van der Waals surface area contributed by atoms with E-state index in [1.54, 1.807) is 0 Å². The highest BCUT2D eigenvalue weighted by atomic mass is 16.6. The van der Waals surface area contributed by atoms with Crippen molar-refractivity contribution in [1.82, 2.24) is 0 Å². The van der Waals surface area contributed by atoms with Crippen molar-refractivity contribution in [2.24, 2.45) is 0 Å². The predicted octanol–water partition coefficient (Wildman–Crippen LogP) is 21.7. The average Bonchev–Trinajstić information content (AvgIpc) is 3.44. The SMILES string of the molecule is CC/C=C\C/C=C\C/C=C\C/C=C\C/C=C\C/C=C\C/C=C\C/C=C\CCCCCCC(=O)OCC(COC(=O)CCCCC/C=C\C/C=C\C/C=C\CC)OC(=O)CCCCCCCCC/C=C\C/C=C\CCCCCC. The fraction of sp³-hybridized carbons (Fsp3) is 0.597. The molecule has 0 radical (unpaired) electrons. The lowest BCUT2D eigenvalue weighted by Crippen LogP contribution is -2.30. The summed E-state index contributed by atoms with van der Waals surface area (Å²) in [6, 6.07) is 0. The highest BCUT2D eigenvalue weighted by Crippen LogP contribution is 2.14. The molecule has 1 atom stereocenters. The van der Waals surface area contributed by atoms with Crippen LogP contribution >= 0.6 is 0 Å². The Kier molecular flexibility index (Phi) is 60.4. The molecule has 0 saturated carbocycles. The molecule has 0 aliphatic heterocycles. The molecule has 0 bridgehead atoms. The molecule has 0 aliphatic carbocycles. The van der Waals surface area contributed by atoms with Crippen LogP contribution in [0.15, 0.2) is 158 Å². The van der Waals surface area contributed by atoms with Gasteiger partial charge in [0.1, 0.15) is 13.2 Å². The molecule has 0 aromatic carbocycles. The minimum Gasteiger partial charge on any atom is -0.462 e. The lowest BCUT2D eigenvalue weighted by Gasteiger charge is -2.18. The Balaban J connectivity index is 4.43. The van der Waals surface area contributed by atoms with Crippen LogP contribution in [-0.2, 0) is 28.6 Å². The molecule has 0 heterocycles. The van der Waals surface area contributed by atoms with E-state index in [1.807, 2.05) is 0 Å². The molecule has 78 heavy (non-hydrogen) atoms. The summed E-state index contributed by atoms with van der Waals surface area (Å²) in [4.78, 5) is 38.3. The molecule has 0 saturated heterocycles. The molecule has 6 nitrogen and oxygen atoms in total. The lowest BCUT2D eigenvalue weighted by molar-refractivity contribution is -0.167. The van der Waals surface area contributed by atoms with Crippen LogP contribution in [0, 0.1) is 0 Å². The van der Waals surface area contributed by atoms with Crippen LogP contribution < -0.4 is 0 Å². The fourth-order valence-electron chi connectivity index (χ4n) is 8.09. The molecule has 1 unspecified atom stereocenters. The Labute approximate surface area is 480 Å². The van der Waals surface area contributed by atoms with E-state index in [0.29, 0.717) is 19.3 Å². The van der Waals surface area contributed by atoms with Gasteiger partial charge in [-0.15, -0.1) is 0 Å². The standard InChI is InChI=1S/C72H114O6/c1-4-7-10-13-16-19-22-25-27-29-31-32-33-34-35-36-37-38-39-40-41-43-44-47-50-53-56-59-62-65-71(74)77-68-69(67-76-70(73)64-61-58-55-52-49-46-24-21-18-15-12-9-6-3)78-72(75)66-63-60-57-54-51-48-45-42-30-28-26-23-20-17-14-11-8-5-2/h7,9-10,12,16,18-21,23,25,27-28,30-32,34-35,37-38,40-41,44,46-47,49,69H,4-6,8,11,13-15,17,22,24,26,29,33,36,39,42-43,45,48,50-68H2,1-3H3/b10-7-,12-9-,19-16-,21-18-,23-20-,27-25-,30-28-,32-31-,35-34-,38-37-,41-40-,47-44-,49-46-. The Hall–Kier alpha value is -4.97. The van der Waals surface area contributed by atoms with Crippen molar-refractivity contribution in [3.8, 4) is 0 Å². The molecule has 0 N–H and O–H groups in total. The summed E-state index contributed by atoms with van der Waals surface area (Å²) in [6.07, 6.45) is 93.9. The highest BCUT2D eigenvalue weighted by Gasteiger charge is 2.19. The lowest BCUT2D eigenvalue weighted by atomic mass is 10.1. The van der Waals surface area contributed by atoms with Crippen LogP contribution in [0.4, 0.5) is 0 Å². The van der Waals surface area contributed by atoms with Gasteiger partial charge >= 0.3 is 17.9 Å². The van der Waals surface area contributed by atoms with Gasteiger partial charge in [0.25, 0.3) is 0 Å². The molecular formula is C72H114O6. The Morgan fingerprint density at radius 3 is 0.795 bits per heavy atom. The molecule has 0 aliphatic rings. The molecule has 6 heteroatoms. The fourth-order valence-corrected chi connectivity index (χ4v) is 8.09. The number of carbonyl (C=O) groups excluding carboxylic acids is 3. The van der Waals surface area contributed by atoms with E-state index < -0.39 is 6.10 Å². The maximum Gasteiger partial charge on any atom is 0.306 e. The highest BCUT2D eigenvalue weighted by molar-refractivity contribution is 5.71. The van der Waals surface area contributed by atoms with Gasteiger partial charge in [0.15, 0.2) is 6.10 Å². The first-order valence-corrected chi connectivity index (χ1v) is 31.5. The van der Waals surface area contributed by atoms with Gasteiger partial charge < -0.3 is 14.2 Å². The first-order valence-electron chi connectivity index (χ1n) is 31.5. The van der Waals surface area contributed by atoms with Gasteiger partial charge in [-0.3, -0.25) is 14.4 Å². The number of carbonyl (C=O) groups is 3. The van der Waals surface area contributed by atoms with Crippen molar-refractivity contribution in [3.05, 3.63) is 158 Å². The number of esters is 3. The summed E-state index contributed by atoms with van der Waals surface area (Å²) < 4.78 is 16.8. The summed E-state index contributed by atoms with van der Waals surface area (Å²) in [5.74, 6) is -0.975. The van der Waals surface area contributed by atoms with Crippen molar-refractivity contribution in [2.45, 2.75) is 264 Å². The van der Waals surface area contributed by atoms with Crippen LogP contribution in [0.3, 0.4) is 0 Å². The van der Waals surface area contributed by atoms with Crippen LogP contribution in [0.25, 0.3) is 0 Å². The third kappa shape index (κ3) is 61.9. The minimum absolute atomic E-state index is 0.111. The summed E-state index contributed by atoms with van der Waals surface area (Å²) >= 11 is 0. The Morgan fingerprint density at radius 1 is 0.269 bits per heavy atom. The Bertz CT molecular complexity index is 1760. The zero-order valence-electron chi connectivity index (χ0n) is 50.1. The van der Waals surface area contributed by atoms with E-state index >= 15 is 0 Å². The molecule has 0 aromatic rings. The number of rotatable bonds is 55. The monoisotopic (exact) mass is 1070 g/mol. The first-order chi connectivity index (χ1) is 38.5. The van der Waals surface area contributed by atoms with Crippen molar-refractivity contribution in [2.75, 3.05) is 13.2 Å². The van der Waals surface area contributed by atoms with Crippen molar-refractivity contribution < 1.29 is 28.6 Å². The molecule has 0 rings (SSSR count). The molecule has 0 fully saturated rings. The summed E-state index contributed by atoms with van der Waals surface area (Å²) in [5.41, 5.74) is 0. The zero-order valence-corrected chi connectivity index (χ0v) is 50.1. The topological polar surface area (TPSA) is 78.9 Å². The van der Waals surface area contributed by atoms with E-state index in [2.05, 4.69) is 179 Å². The number of hydrogen-bond donors (Lipinski definition) is 0. The molecule has 0 spiro atoms. The van der Waals surface area contributed by atoms with Crippen LogP contribution in [-0.4, -0.2) is 37.2 Å². The van der Waals surface area contributed by atoms with Gasteiger partial charge in [0, 0.05) is 19.3 Å². The molecule has 0 amide bonds. The number of hydrogen-bond acceptors (Lipinski definition) is 6. The van der Waals surface area contributed by atoms with Crippen LogP contribution in [0.5, 0.6) is 0 Å². The second kappa shape index (κ2) is 64.6. The van der Waals surface area contributed by atoms with Gasteiger partial charge in [0.05, 0.1) is 0 Å². The summed E-state index contributed by atoms with van der Waals surface area (Å²) in [7, 11) is 0. The van der Waals surface area contributed by atoms with E-state index in [9.17, 15) is 14.4 Å². The molecule has 0 aromatic heterocycles. The second-order valence-corrected chi connectivity index (χ2v) is 20.2. The van der Waals surface area contributed by atoms with Gasteiger partial charge in [-0.25, -0.2) is 0 Å². The smallest absolute Gasteiger partial charge is 0.306 e. The normalized spacial score (nSPS) is 13.2. The molecule has 438 valence electrons. The summed E-state index contributed by atoms with van der Waals surface area (Å²) in [5, 5.41) is 0. The van der Waals surface area contributed by atoms with Crippen LogP contribution in [0.1, 0.15) is 258 Å². The predicted molar refractivity (Wildman–Crippen MR) is 338 cm³/mol. The third-order valence-corrected chi connectivity index (χ3v) is 12.7. The Morgan fingerprint density at radius 2 is 0.500 bits per heavy atom. The van der Waals surface area contributed by atoms with Crippen LogP contribution in [0.2, 0.25) is 0 Å². The van der Waals surface area contributed by atoms with Crippen molar-refractivity contribution >= 4 is 17.9 Å². The first kappa shape index (κ1) is 73.0. The number of allylic oxidation sites excluding steroid dienone is 26. The average molecular weight is 1080 g/mol. The minimum atomic E-state index is -0.814. The van der Waals surface area contributed by atoms with Gasteiger partial charge in [-0.1, -0.05) is 249 Å². The largest absolute Gasteiger partial charge is 0.462 e. The maximum atomic E-state index is 12.9. The third-order valence-electron chi connectivity index (χ3n) is 12.7. The number of ether oxygens (including phenoxy) is 3. The van der Waals surface area contributed by atoms with Crippen molar-refractivity contribution in [1.29, 1.82) is 0 Å².